The van der Waals surface area contributed by atoms with Crippen LogP contribution in [-0.4, -0.2) is 19.1 Å². The van der Waals surface area contributed by atoms with E-state index in [1.165, 1.54) is 0 Å². The maximum Gasteiger partial charge on any atom is 0.260 e. The molecule has 0 aliphatic carbocycles. The Kier molecular flexibility index (Phi) is 3.69. The molecule has 1 N–H and O–H groups in total. The SMILES string of the molecule is CNC(=O)C(C)Oc1cccc(C#N)c1. The van der Waals surface area contributed by atoms with Gasteiger partial charge in [-0.3, -0.25) is 4.79 Å². The number of rotatable bonds is 3. The topological polar surface area (TPSA) is 62.1 Å². The Balaban J connectivity index is 2.73. The molecule has 0 fully saturated rings. The first-order valence-corrected chi connectivity index (χ1v) is 4.55. The maximum atomic E-state index is 11.2. The molecule has 1 aromatic rings. The fourth-order valence-corrected chi connectivity index (χ4v) is 1.10. The molecular formula is C11H12N2O2. The highest BCUT2D eigenvalue weighted by Crippen LogP contribution is 2.14. The van der Waals surface area contributed by atoms with Crippen molar-refractivity contribution in [1.82, 2.24) is 5.32 Å². The number of nitrogens with one attached hydrogen (secondary N) is 1. The summed E-state index contributed by atoms with van der Waals surface area (Å²) in [6, 6.07) is 8.70. The lowest BCUT2D eigenvalue weighted by atomic mass is 10.2. The van der Waals surface area contributed by atoms with Gasteiger partial charge in [0.25, 0.3) is 5.91 Å². The predicted octanol–water partition coefficient (Wildman–Crippen LogP) is 1.07. The van der Waals surface area contributed by atoms with Crippen LogP contribution in [0.25, 0.3) is 0 Å². The first-order valence-electron chi connectivity index (χ1n) is 4.55. The molecule has 0 aromatic heterocycles. The zero-order valence-electron chi connectivity index (χ0n) is 8.65. The Hall–Kier alpha value is -2.02. The van der Waals surface area contributed by atoms with Crippen LogP contribution >= 0.6 is 0 Å². The summed E-state index contributed by atoms with van der Waals surface area (Å²) in [5.41, 5.74) is 0.511. The lowest BCUT2D eigenvalue weighted by Gasteiger charge is -2.12. The minimum Gasteiger partial charge on any atom is -0.481 e. The average Bonchev–Trinajstić information content (AvgIpc) is 2.28. The number of carbonyl (C=O) groups excluding carboxylic acids is 1. The van der Waals surface area contributed by atoms with Gasteiger partial charge in [-0.15, -0.1) is 0 Å². The van der Waals surface area contributed by atoms with E-state index in [9.17, 15) is 4.79 Å². The van der Waals surface area contributed by atoms with Crippen LogP contribution in [-0.2, 0) is 4.79 Å². The summed E-state index contributed by atoms with van der Waals surface area (Å²) in [4.78, 5) is 11.2. The van der Waals surface area contributed by atoms with Crippen LogP contribution in [0.15, 0.2) is 24.3 Å². The summed E-state index contributed by atoms with van der Waals surface area (Å²) in [5, 5.41) is 11.2. The number of benzene rings is 1. The predicted molar refractivity (Wildman–Crippen MR) is 55.3 cm³/mol. The van der Waals surface area contributed by atoms with E-state index in [0.717, 1.165) is 0 Å². The van der Waals surface area contributed by atoms with Gasteiger partial charge >= 0.3 is 0 Å². The van der Waals surface area contributed by atoms with Gasteiger partial charge in [0.2, 0.25) is 0 Å². The first kappa shape index (κ1) is 11.1. The van der Waals surface area contributed by atoms with Crippen molar-refractivity contribution < 1.29 is 9.53 Å². The number of nitrogens with zero attached hydrogens (tertiary/aromatic N) is 1. The van der Waals surface area contributed by atoms with Gasteiger partial charge in [0, 0.05) is 7.05 Å². The van der Waals surface area contributed by atoms with Gasteiger partial charge in [0.15, 0.2) is 6.10 Å². The zero-order valence-corrected chi connectivity index (χ0v) is 8.65. The van der Waals surface area contributed by atoms with Crippen LogP contribution < -0.4 is 10.1 Å². The Morgan fingerprint density at radius 1 is 1.60 bits per heavy atom. The lowest BCUT2D eigenvalue weighted by Crippen LogP contribution is -2.33. The second kappa shape index (κ2) is 5.01. The van der Waals surface area contributed by atoms with Crippen molar-refractivity contribution in [2.24, 2.45) is 0 Å². The molecular weight excluding hydrogens is 192 g/mol. The van der Waals surface area contributed by atoms with Crippen LogP contribution in [0.5, 0.6) is 5.75 Å². The molecule has 0 saturated carbocycles. The number of likely N-dealkylation sites (N-methyl/N-ethyl adjacent to an activating group) is 1. The zero-order chi connectivity index (χ0) is 11.3. The van der Waals surface area contributed by atoms with Crippen LogP contribution in [0, 0.1) is 11.3 Å². The van der Waals surface area contributed by atoms with Crippen LogP contribution in [0.2, 0.25) is 0 Å². The maximum absolute atomic E-state index is 11.2. The van der Waals surface area contributed by atoms with E-state index >= 15 is 0 Å². The van der Waals surface area contributed by atoms with Gasteiger partial charge < -0.3 is 10.1 Å². The first-order chi connectivity index (χ1) is 7.17. The van der Waals surface area contributed by atoms with Crippen molar-refractivity contribution in [2.45, 2.75) is 13.0 Å². The highest BCUT2D eigenvalue weighted by molar-refractivity contribution is 5.80. The van der Waals surface area contributed by atoms with Crippen molar-refractivity contribution in [3.63, 3.8) is 0 Å². The molecule has 0 saturated heterocycles. The summed E-state index contributed by atoms with van der Waals surface area (Å²) >= 11 is 0. The second-order valence-corrected chi connectivity index (χ2v) is 3.01. The smallest absolute Gasteiger partial charge is 0.260 e. The quantitative estimate of drug-likeness (QED) is 0.801. The number of hydrogen-bond acceptors (Lipinski definition) is 3. The number of nitriles is 1. The molecule has 4 nitrogen and oxygen atoms in total. The average molecular weight is 204 g/mol. The Morgan fingerprint density at radius 3 is 2.93 bits per heavy atom. The van der Waals surface area contributed by atoms with Gasteiger partial charge in [-0.25, -0.2) is 0 Å². The summed E-state index contributed by atoms with van der Waals surface area (Å²) in [6.45, 7) is 1.65. The molecule has 1 aromatic carbocycles. The number of carbonyl (C=O) groups is 1. The molecule has 0 bridgehead atoms. The summed E-state index contributed by atoms with van der Waals surface area (Å²) in [7, 11) is 1.55. The molecule has 1 atom stereocenters. The third kappa shape index (κ3) is 2.99. The molecule has 1 rings (SSSR count). The highest BCUT2D eigenvalue weighted by atomic mass is 16.5. The molecule has 0 radical (unpaired) electrons. The largest absolute Gasteiger partial charge is 0.481 e. The van der Waals surface area contributed by atoms with Gasteiger partial charge in [-0.2, -0.15) is 5.26 Å². The van der Waals surface area contributed by atoms with Crippen LogP contribution in [0.3, 0.4) is 0 Å². The van der Waals surface area contributed by atoms with Crippen LogP contribution in [0.4, 0.5) is 0 Å². The Labute approximate surface area is 88.5 Å². The number of ether oxygens (including phenoxy) is 1. The molecule has 0 spiro atoms. The molecule has 1 unspecified atom stereocenters. The van der Waals surface area contributed by atoms with Crippen LogP contribution in [0.1, 0.15) is 12.5 Å². The van der Waals surface area contributed by atoms with Gasteiger partial charge in [-0.05, 0) is 25.1 Å². The van der Waals surface area contributed by atoms with Gasteiger partial charge in [-0.1, -0.05) is 6.07 Å². The van der Waals surface area contributed by atoms with E-state index in [2.05, 4.69) is 5.32 Å². The summed E-state index contributed by atoms with van der Waals surface area (Å²) < 4.78 is 5.35. The van der Waals surface area contributed by atoms with Crippen molar-refractivity contribution in [1.29, 1.82) is 5.26 Å². The molecule has 4 heteroatoms. The molecule has 1 amide bonds. The normalized spacial score (nSPS) is 11.3. The van der Waals surface area contributed by atoms with E-state index < -0.39 is 6.10 Å². The molecule has 0 aliphatic rings. The second-order valence-electron chi connectivity index (χ2n) is 3.01. The Bertz CT molecular complexity index is 396. The standard InChI is InChI=1S/C11H12N2O2/c1-8(11(14)13-2)15-10-5-3-4-9(6-10)7-12/h3-6,8H,1-2H3,(H,13,14). The summed E-state index contributed by atoms with van der Waals surface area (Å²) in [5.74, 6) is 0.322. The number of amides is 1. The van der Waals surface area contributed by atoms with Crippen molar-refractivity contribution in [3.05, 3.63) is 29.8 Å². The molecule has 0 heterocycles. The van der Waals surface area contributed by atoms with E-state index in [0.29, 0.717) is 11.3 Å². The summed E-state index contributed by atoms with van der Waals surface area (Å²) in [6.07, 6.45) is -0.566. The lowest BCUT2D eigenvalue weighted by molar-refractivity contribution is -0.126. The fraction of sp³-hybridized carbons (Fsp3) is 0.273. The molecule has 78 valence electrons. The number of hydrogen-bond donors (Lipinski definition) is 1. The highest BCUT2D eigenvalue weighted by Gasteiger charge is 2.12. The Morgan fingerprint density at radius 2 is 2.33 bits per heavy atom. The van der Waals surface area contributed by atoms with Crippen molar-refractivity contribution in [3.8, 4) is 11.8 Å². The van der Waals surface area contributed by atoms with Crippen molar-refractivity contribution >= 4 is 5.91 Å². The monoisotopic (exact) mass is 204 g/mol. The van der Waals surface area contributed by atoms with Crippen molar-refractivity contribution in [2.75, 3.05) is 7.05 Å². The van der Waals surface area contributed by atoms with Gasteiger partial charge in [0.05, 0.1) is 11.6 Å². The van der Waals surface area contributed by atoms with E-state index in [1.807, 2.05) is 6.07 Å². The van der Waals surface area contributed by atoms with E-state index in [-0.39, 0.29) is 5.91 Å². The third-order valence-electron chi connectivity index (χ3n) is 1.89. The molecule has 15 heavy (non-hydrogen) atoms. The van der Waals surface area contributed by atoms with E-state index in [1.54, 1.807) is 38.2 Å². The fourth-order valence-electron chi connectivity index (χ4n) is 1.10. The van der Waals surface area contributed by atoms with E-state index in [4.69, 9.17) is 10.00 Å². The van der Waals surface area contributed by atoms with Gasteiger partial charge in [0.1, 0.15) is 5.75 Å². The minimum absolute atomic E-state index is 0.197. The third-order valence-corrected chi connectivity index (χ3v) is 1.89. The minimum atomic E-state index is -0.566. The molecule has 0 aliphatic heterocycles.